The molecule has 0 aliphatic rings. The van der Waals surface area contributed by atoms with E-state index < -0.39 is 0 Å². The molecule has 0 unspecified atom stereocenters. The number of nitrogens with zero attached hydrogens (tertiary/aromatic N) is 2. The van der Waals surface area contributed by atoms with Crippen molar-refractivity contribution in [3.05, 3.63) is 53.5 Å². The average Bonchev–Trinajstić information content (AvgIpc) is 3.03. The first-order chi connectivity index (χ1) is 9.78. The minimum atomic E-state index is 0.815. The Bertz CT molecular complexity index is 711. The van der Waals surface area contributed by atoms with Crippen LogP contribution in [0.3, 0.4) is 0 Å². The van der Waals surface area contributed by atoms with E-state index in [1.54, 1.807) is 0 Å². The maximum atomic E-state index is 5.90. The van der Waals surface area contributed by atoms with Gasteiger partial charge < -0.3 is 9.73 Å². The lowest BCUT2D eigenvalue weighted by atomic mass is 10.1. The van der Waals surface area contributed by atoms with E-state index >= 15 is 0 Å². The van der Waals surface area contributed by atoms with Gasteiger partial charge in [-0.1, -0.05) is 25.1 Å². The molecular weight excluding hydrogens is 250 g/mol. The van der Waals surface area contributed by atoms with Gasteiger partial charge in [-0.15, -0.1) is 0 Å². The summed E-state index contributed by atoms with van der Waals surface area (Å²) in [4.78, 5) is 0. The second-order valence-corrected chi connectivity index (χ2v) is 4.98. The van der Waals surface area contributed by atoms with Crippen molar-refractivity contribution in [2.75, 3.05) is 0 Å². The van der Waals surface area contributed by atoms with Crippen molar-refractivity contribution in [3.63, 3.8) is 0 Å². The van der Waals surface area contributed by atoms with E-state index in [0.29, 0.717) is 0 Å². The van der Waals surface area contributed by atoms with Crippen LogP contribution in [-0.2, 0) is 26.6 Å². The van der Waals surface area contributed by atoms with Crippen molar-refractivity contribution in [3.8, 4) is 0 Å². The van der Waals surface area contributed by atoms with Gasteiger partial charge >= 0.3 is 0 Å². The molecule has 0 aliphatic heterocycles. The highest BCUT2D eigenvalue weighted by atomic mass is 16.3. The third-order valence-corrected chi connectivity index (χ3v) is 3.49. The van der Waals surface area contributed by atoms with Crippen molar-refractivity contribution in [2.24, 2.45) is 7.05 Å². The van der Waals surface area contributed by atoms with Gasteiger partial charge in [0, 0.05) is 49.3 Å². The van der Waals surface area contributed by atoms with E-state index in [1.807, 2.05) is 36.3 Å². The third kappa shape index (κ3) is 2.47. The number of hydrogen-bond acceptors (Lipinski definition) is 3. The van der Waals surface area contributed by atoms with Gasteiger partial charge in [0.25, 0.3) is 0 Å². The first-order valence-electron chi connectivity index (χ1n) is 6.95. The lowest BCUT2D eigenvalue weighted by Gasteiger charge is -2.03. The Morgan fingerprint density at radius 3 is 2.85 bits per heavy atom. The summed E-state index contributed by atoms with van der Waals surface area (Å²) >= 11 is 0. The summed E-state index contributed by atoms with van der Waals surface area (Å²) in [6, 6.07) is 8.22. The topological polar surface area (TPSA) is 43.0 Å². The first kappa shape index (κ1) is 12.9. The highest BCUT2D eigenvalue weighted by Gasteiger charge is 2.11. The van der Waals surface area contributed by atoms with E-state index in [0.717, 1.165) is 30.9 Å². The van der Waals surface area contributed by atoms with E-state index in [-0.39, 0.29) is 0 Å². The van der Waals surface area contributed by atoms with E-state index in [2.05, 4.69) is 29.5 Å². The molecule has 0 spiro atoms. The van der Waals surface area contributed by atoms with Crippen LogP contribution in [0.1, 0.15) is 23.8 Å². The Morgan fingerprint density at radius 1 is 1.25 bits per heavy atom. The fourth-order valence-corrected chi connectivity index (χ4v) is 2.52. The second-order valence-electron chi connectivity index (χ2n) is 4.98. The molecule has 104 valence electrons. The monoisotopic (exact) mass is 269 g/mol. The van der Waals surface area contributed by atoms with Gasteiger partial charge in [-0.2, -0.15) is 5.10 Å². The number of benzene rings is 1. The van der Waals surface area contributed by atoms with Crippen LogP contribution in [0.25, 0.3) is 11.0 Å². The van der Waals surface area contributed by atoms with Crippen LogP contribution in [-0.4, -0.2) is 9.78 Å². The molecule has 0 aliphatic carbocycles. The maximum Gasteiger partial charge on any atom is 0.134 e. The summed E-state index contributed by atoms with van der Waals surface area (Å²) in [7, 11) is 1.93. The molecule has 20 heavy (non-hydrogen) atoms. The summed E-state index contributed by atoms with van der Waals surface area (Å²) in [5.74, 6) is 1.07. The molecule has 1 N–H and O–H groups in total. The molecule has 4 nitrogen and oxygen atoms in total. The van der Waals surface area contributed by atoms with Gasteiger partial charge in [0.15, 0.2) is 0 Å². The molecule has 3 aromatic rings. The Labute approximate surface area is 118 Å². The molecule has 0 fully saturated rings. The molecule has 0 amide bonds. The van der Waals surface area contributed by atoms with E-state index in [1.165, 1.54) is 16.5 Å². The van der Waals surface area contributed by atoms with Crippen LogP contribution in [0.2, 0.25) is 0 Å². The van der Waals surface area contributed by atoms with Crippen LogP contribution in [0, 0.1) is 0 Å². The predicted octanol–water partition coefficient (Wildman–Crippen LogP) is 3.02. The number of aryl methyl sites for hydroxylation is 2. The molecular formula is C16H19N3O. The fourth-order valence-electron chi connectivity index (χ4n) is 2.52. The highest BCUT2D eigenvalue weighted by molar-refractivity contribution is 5.82. The number of nitrogens with one attached hydrogen (secondary N) is 1. The normalized spacial score (nSPS) is 11.3. The van der Waals surface area contributed by atoms with Crippen LogP contribution >= 0.6 is 0 Å². The minimum Gasteiger partial charge on any atom is -0.461 e. The van der Waals surface area contributed by atoms with Gasteiger partial charge in [-0.3, -0.25) is 4.68 Å². The Hall–Kier alpha value is -2.07. The number of furan rings is 1. The largest absolute Gasteiger partial charge is 0.461 e. The maximum absolute atomic E-state index is 5.90. The van der Waals surface area contributed by atoms with Crippen molar-refractivity contribution in [1.82, 2.24) is 15.1 Å². The lowest BCUT2D eigenvalue weighted by Crippen LogP contribution is -2.13. The summed E-state index contributed by atoms with van der Waals surface area (Å²) in [5.41, 5.74) is 3.44. The van der Waals surface area contributed by atoms with Gasteiger partial charge in [-0.05, 0) is 6.07 Å². The Morgan fingerprint density at radius 2 is 2.10 bits per heavy atom. The standard InChI is InChI=1S/C16H19N3O/c1-3-15-14(13-6-4-5-7-16(13)20-15)10-17-8-12-9-18-19(2)11-12/h4-7,9,11,17H,3,8,10H2,1-2H3. The van der Waals surface area contributed by atoms with Crippen LogP contribution in [0.5, 0.6) is 0 Å². The van der Waals surface area contributed by atoms with E-state index in [9.17, 15) is 0 Å². The molecule has 0 radical (unpaired) electrons. The minimum absolute atomic E-state index is 0.815. The molecule has 0 saturated carbocycles. The summed E-state index contributed by atoms with van der Waals surface area (Å²) in [6.45, 7) is 3.76. The zero-order chi connectivity index (χ0) is 13.9. The van der Waals surface area contributed by atoms with Gasteiger partial charge in [0.2, 0.25) is 0 Å². The van der Waals surface area contributed by atoms with Crippen molar-refractivity contribution < 1.29 is 4.42 Å². The first-order valence-corrected chi connectivity index (χ1v) is 6.95. The molecule has 4 heteroatoms. The molecule has 3 rings (SSSR count). The van der Waals surface area contributed by atoms with Crippen LogP contribution in [0.15, 0.2) is 41.1 Å². The number of fused-ring (bicyclic) bond motifs is 1. The summed E-state index contributed by atoms with van der Waals surface area (Å²) in [5, 5.41) is 8.86. The molecule has 1 aromatic carbocycles. The predicted molar refractivity (Wildman–Crippen MR) is 79.3 cm³/mol. The van der Waals surface area contributed by atoms with Gasteiger partial charge in [-0.25, -0.2) is 0 Å². The Balaban J connectivity index is 1.76. The zero-order valence-electron chi connectivity index (χ0n) is 11.9. The van der Waals surface area contributed by atoms with Crippen molar-refractivity contribution in [2.45, 2.75) is 26.4 Å². The number of aromatic nitrogens is 2. The van der Waals surface area contributed by atoms with Crippen LogP contribution in [0.4, 0.5) is 0 Å². The summed E-state index contributed by atoms with van der Waals surface area (Å²) < 4.78 is 7.72. The SMILES string of the molecule is CCc1oc2ccccc2c1CNCc1cnn(C)c1. The highest BCUT2D eigenvalue weighted by Crippen LogP contribution is 2.26. The molecule has 2 heterocycles. The van der Waals surface area contributed by atoms with Crippen molar-refractivity contribution >= 4 is 11.0 Å². The number of hydrogen-bond donors (Lipinski definition) is 1. The van der Waals surface area contributed by atoms with Gasteiger partial charge in [0.05, 0.1) is 6.20 Å². The number of para-hydroxylation sites is 1. The van der Waals surface area contributed by atoms with Crippen molar-refractivity contribution in [1.29, 1.82) is 0 Å². The van der Waals surface area contributed by atoms with Crippen LogP contribution < -0.4 is 5.32 Å². The lowest BCUT2D eigenvalue weighted by molar-refractivity contribution is 0.544. The molecule has 0 bridgehead atoms. The second kappa shape index (κ2) is 5.51. The molecule has 2 aromatic heterocycles. The third-order valence-electron chi connectivity index (χ3n) is 3.49. The molecule has 0 atom stereocenters. The average molecular weight is 269 g/mol. The molecule has 0 saturated heterocycles. The smallest absolute Gasteiger partial charge is 0.134 e. The fraction of sp³-hybridized carbons (Fsp3) is 0.312. The quantitative estimate of drug-likeness (QED) is 0.774. The summed E-state index contributed by atoms with van der Waals surface area (Å²) in [6.07, 6.45) is 4.83. The zero-order valence-corrected chi connectivity index (χ0v) is 11.9. The Kier molecular flexibility index (Phi) is 3.56. The van der Waals surface area contributed by atoms with Gasteiger partial charge in [0.1, 0.15) is 11.3 Å². The van der Waals surface area contributed by atoms with E-state index in [4.69, 9.17) is 4.42 Å². The number of rotatable bonds is 5.